The third-order valence-corrected chi connectivity index (χ3v) is 1.92. The van der Waals surface area contributed by atoms with E-state index in [-0.39, 0.29) is 0 Å². The lowest BCUT2D eigenvalue weighted by atomic mass is 10.3. The summed E-state index contributed by atoms with van der Waals surface area (Å²) in [7, 11) is 0. The van der Waals surface area contributed by atoms with Gasteiger partial charge in [0.25, 0.3) is 0 Å². The molecule has 2 fully saturated rings. The highest BCUT2D eigenvalue weighted by Gasteiger charge is 2.38. The first-order valence-corrected chi connectivity index (χ1v) is 2.92. The van der Waals surface area contributed by atoms with E-state index in [0.29, 0.717) is 0 Å². The number of hydrazine groups is 1. The van der Waals surface area contributed by atoms with Gasteiger partial charge in [-0.3, -0.25) is 10.9 Å². The van der Waals surface area contributed by atoms with Crippen molar-refractivity contribution in [2.24, 2.45) is 11.8 Å². The Morgan fingerprint density at radius 3 is 2.00 bits per heavy atom. The molecule has 40 valence electrons. The van der Waals surface area contributed by atoms with Gasteiger partial charge in [0.2, 0.25) is 0 Å². The Morgan fingerprint density at radius 1 is 1.00 bits per heavy atom. The lowest BCUT2D eigenvalue weighted by Crippen LogP contribution is -2.39. The molecular weight excluding hydrogens is 88.1 g/mol. The van der Waals surface area contributed by atoms with Crippen LogP contribution < -0.4 is 10.9 Å². The van der Waals surface area contributed by atoms with Crippen molar-refractivity contribution in [1.82, 2.24) is 10.9 Å². The lowest BCUT2D eigenvalue weighted by Gasteiger charge is -2.10. The molecule has 2 atom stereocenters. The Labute approximate surface area is 43.3 Å². The number of hydrogen-bond acceptors (Lipinski definition) is 2. The standard InChI is InChI=1S/C5H10N2/c1-4-2-6-7-3-5(1)4/h4-7H,1-3H2. The van der Waals surface area contributed by atoms with Gasteiger partial charge < -0.3 is 0 Å². The van der Waals surface area contributed by atoms with Crippen LogP contribution in [0.5, 0.6) is 0 Å². The normalized spacial score (nSPS) is 48.0. The third-order valence-electron chi connectivity index (χ3n) is 1.92. The minimum atomic E-state index is 1.03. The summed E-state index contributed by atoms with van der Waals surface area (Å²) in [5.41, 5.74) is 6.25. The van der Waals surface area contributed by atoms with E-state index >= 15 is 0 Å². The molecule has 7 heavy (non-hydrogen) atoms. The van der Waals surface area contributed by atoms with Crippen LogP contribution >= 0.6 is 0 Å². The second-order valence-electron chi connectivity index (χ2n) is 2.52. The zero-order valence-corrected chi connectivity index (χ0v) is 4.28. The minimum absolute atomic E-state index is 1.03. The van der Waals surface area contributed by atoms with Crippen molar-refractivity contribution < 1.29 is 0 Å². The van der Waals surface area contributed by atoms with Crippen molar-refractivity contribution in [3.63, 3.8) is 0 Å². The molecule has 1 heterocycles. The first-order chi connectivity index (χ1) is 3.47. The van der Waals surface area contributed by atoms with E-state index < -0.39 is 0 Å². The highest BCUT2D eigenvalue weighted by Crippen LogP contribution is 2.38. The molecule has 2 N–H and O–H groups in total. The van der Waals surface area contributed by atoms with Crippen LogP contribution in [0.25, 0.3) is 0 Å². The summed E-state index contributed by atoms with van der Waals surface area (Å²) in [4.78, 5) is 0. The van der Waals surface area contributed by atoms with Crippen LogP contribution in [-0.4, -0.2) is 13.1 Å². The van der Waals surface area contributed by atoms with Crippen molar-refractivity contribution in [3.05, 3.63) is 0 Å². The molecule has 0 aromatic heterocycles. The molecular formula is C5H10N2. The van der Waals surface area contributed by atoms with Gasteiger partial charge in [-0.1, -0.05) is 0 Å². The number of fused-ring (bicyclic) bond motifs is 1. The number of hydrogen-bond donors (Lipinski definition) is 2. The predicted octanol–water partition coefficient (Wildman–Crippen LogP) is -0.270. The van der Waals surface area contributed by atoms with E-state index in [1.54, 1.807) is 0 Å². The monoisotopic (exact) mass is 98.1 g/mol. The first-order valence-electron chi connectivity index (χ1n) is 2.92. The molecule has 0 radical (unpaired) electrons. The molecule has 2 aliphatic rings. The van der Waals surface area contributed by atoms with Gasteiger partial charge in [-0.25, -0.2) is 0 Å². The van der Waals surface area contributed by atoms with Gasteiger partial charge in [0.05, 0.1) is 0 Å². The fourth-order valence-electron chi connectivity index (χ4n) is 1.22. The maximum absolute atomic E-state index is 3.13. The molecule has 0 aromatic carbocycles. The van der Waals surface area contributed by atoms with Crippen LogP contribution in [0.15, 0.2) is 0 Å². The molecule has 2 heteroatoms. The molecule has 2 nitrogen and oxygen atoms in total. The van der Waals surface area contributed by atoms with Gasteiger partial charge >= 0.3 is 0 Å². The van der Waals surface area contributed by atoms with Crippen LogP contribution in [0.3, 0.4) is 0 Å². The molecule has 2 unspecified atom stereocenters. The maximum atomic E-state index is 3.13. The van der Waals surface area contributed by atoms with Gasteiger partial charge in [0.15, 0.2) is 0 Å². The van der Waals surface area contributed by atoms with E-state index in [2.05, 4.69) is 10.9 Å². The van der Waals surface area contributed by atoms with E-state index in [1.807, 2.05) is 0 Å². The summed E-state index contributed by atoms with van der Waals surface area (Å²) in [6.45, 7) is 2.40. The number of nitrogens with one attached hydrogen (secondary N) is 2. The quantitative estimate of drug-likeness (QED) is 0.436. The highest BCUT2D eigenvalue weighted by molar-refractivity contribution is 4.91. The molecule has 0 bridgehead atoms. The average molecular weight is 98.1 g/mol. The zero-order valence-electron chi connectivity index (χ0n) is 4.28. The first kappa shape index (κ1) is 3.87. The summed E-state index contributed by atoms with van der Waals surface area (Å²) in [6, 6.07) is 0. The Hall–Kier alpha value is -0.0800. The van der Waals surface area contributed by atoms with Crippen LogP contribution in [0.1, 0.15) is 6.42 Å². The fourth-order valence-corrected chi connectivity index (χ4v) is 1.22. The second-order valence-corrected chi connectivity index (χ2v) is 2.52. The van der Waals surface area contributed by atoms with Gasteiger partial charge in [-0.15, -0.1) is 0 Å². The smallest absolute Gasteiger partial charge is 0.0131 e. The minimum Gasteiger partial charge on any atom is -0.258 e. The van der Waals surface area contributed by atoms with E-state index in [0.717, 1.165) is 11.8 Å². The SMILES string of the molecule is C1NNCC2CC12. The van der Waals surface area contributed by atoms with Crippen LogP contribution in [0, 0.1) is 11.8 Å². The third kappa shape index (κ3) is 0.545. The lowest BCUT2D eigenvalue weighted by molar-refractivity contribution is 0.426. The van der Waals surface area contributed by atoms with Gasteiger partial charge in [0.1, 0.15) is 0 Å². The largest absolute Gasteiger partial charge is 0.258 e. The van der Waals surface area contributed by atoms with Crippen molar-refractivity contribution in [3.8, 4) is 0 Å². The summed E-state index contributed by atoms with van der Waals surface area (Å²) < 4.78 is 0. The Balaban J connectivity index is 1.95. The van der Waals surface area contributed by atoms with Crippen LogP contribution in [0.2, 0.25) is 0 Å². The van der Waals surface area contributed by atoms with Crippen molar-refractivity contribution >= 4 is 0 Å². The fraction of sp³-hybridized carbons (Fsp3) is 1.00. The molecule has 1 aliphatic heterocycles. The van der Waals surface area contributed by atoms with E-state index in [1.165, 1.54) is 19.5 Å². The Bertz CT molecular complexity index is 72.1. The summed E-state index contributed by atoms with van der Waals surface area (Å²) >= 11 is 0. The maximum Gasteiger partial charge on any atom is 0.0131 e. The Morgan fingerprint density at radius 2 is 1.57 bits per heavy atom. The molecule has 0 aromatic rings. The Kier molecular flexibility index (Phi) is 0.664. The van der Waals surface area contributed by atoms with Crippen LogP contribution in [-0.2, 0) is 0 Å². The molecule has 0 amide bonds. The zero-order chi connectivity index (χ0) is 4.69. The molecule has 1 aliphatic carbocycles. The molecule has 2 rings (SSSR count). The van der Waals surface area contributed by atoms with Crippen molar-refractivity contribution in [1.29, 1.82) is 0 Å². The summed E-state index contributed by atoms with van der Waals surface area (Å²) in [5, 5.41) is 0. The molecule has 0 spiro atoms. The topological polar surface area (TPSA) is 24.1 Å². The van der Waals surface area contributed by atoms with E-state index in [9.17, 15) is 0 Å². The number of rotatable bonds is 0. The molecule has 1 saturated carbocycles. The summed E-state index contributed by atoms with van der Waals surface area (Å²) in [6.07, 6.45) is 1.46. The van der Waals surface area contributed by atoms with Gasteiger partial charge in [-0.05, 0) is 18.3 Å². The molecule has 1 saturated heterocycles. The van der Waals surface area contributed by atoms with Gasteiger partial charge in [-0.2, -0.15) is 0 Å². The van der Waals surface area contributed by atoms with Crippen LogP contribution in [0.4, 0.5) is 0 Å². The highest BCUT2D eigenvalue weighted by atomic mass is 15.4. The predicted molar refractivity (Wildman–Crippen MR) is 27.6 cm³/mol. The average Bonchev–Trinajstić information content (AvgIpc) is 2.41. The summed E-state index contributed by atoms with van der Waals surface area (Å²) in [5.74, 6) is 2.06. The van der Waals surface area contributed by atoms with Gasteiger partial charge in [0, 0.05) is 13.1 Å². The van der Waals surface area contributed by atoms with Crippen molar-refractivity contribution in [2.75, 3.05) is 13.1 Å². The van der Waals surface area contributed by atoms with E-state index in [4.69, 9.17) is 0 Å². The second kappa shape index (κ2) is 1.20. The van der Waals surface area contributed by atoms with Crippen molar-refractivity contribution in [2.45, 2.75) is 6.42 Å².